The predicted octanol–water partition coefficient (Wildman–Crippen LogP) is 1.79. The Hall–Kier alpha value is -1.16. The number of hydrogen-bond acceptors (Lipinski definition) is 3. The van der Waals surface area contributed by atoms with Crippen LogP contribution in [-0.2, 0) is 13.0 Å². The topological polar surface area (TPSA) is 34.9 Å². The molecule has 2 aromatic rings. The van der Waals surface area contributed by atoms with E-state index in [1.807, 2.05) is 16.0 Å². The van der Waals surface area contributed by atoms with Crippen LogP contribution in [0.25, 0.3) is 10.2 Å². The van der Waals surface area contributed by atoms with E-state index in [0.717, 1.165) is 41.8 Å². The van der Waals surface area contributed by atoms with Gasteiger partial charge in [-0.3, -0.25) is 9.36 Å². The Kier molecular flexibility index (Phi) is 1.70. The second-order valence-electron chi connectivity index (χ2n) is 3.58. The first-order chi connectivity index (χ1) is 6.86. The van der Waals surface area contributed by atoms with E-state index >= 15 is 0 Å². The maximum atomic E-state index is 12.0. The number of aryl methyl sites for hydroxylation is 1. The van der Waals surface area contributed by atoms with Crippen molar-refractivity contribution in [2.75, 3.05) is 0 Å². The third-order valence-electron chi connectivity index (χ3n) is 2.69. The SMILES string of the molecule is O=c1c2ccsc2nc2n1CCCC2. The van der Waals surface area contributed by atoms with Gasteiger partial charge in [0.2, 0.25) is 0 Å². The highest BCUT2D eigenvalue weighted by Gasteiger charge is 2.14. The Bertz CT molecular complexity index is 541. The molecule has 2 aromatic heterocycles. The highest BCUT2D eigenvalue weighted by atomic mass is 32.1. The van der Waals surface area contributed by atoms with Crippen molar-refractivity contribution in [3.8, 4) is 0 Å². The molecule has 0 saturated carbocycles. The molecule has 3 rings (SSSR count). The molecule has 0 unspecified atom stereocenters. The fourth-order valence-electron chi connectivity index (χ4n) is 1.97. The lowest BCUT2D eigenvalue weighted by atomic mass is 10.1. The van der Waals surface area contributed by atoms with Crippen molar-refractivity contribution < 1.29 is 0 Å². The van der Waals surface area contributed by atoms with Crippen LogP contribution < -0.4 is 5.56 Å². The second-order valence-corrected chi connectivity index (χ2v) is 4.48. The van der Waals surface area contributed by atoms with Crippen LogP contribution in [-0.4, -0.2) is 9.55 Å². The lowest BCUT2D eigenvalue weighted by Crippen LogP contribution is -2.27. The fraction of sp³-hybridized carbons (Fsp3) is 0.400. The molecule has 0 saturated heterocycles. The fourth-order valence-corrected chi connectivity index (χ4v) is 2.74. The van der Waals surface area contributed by atoms with E-state index in [9.17, 15) is 4.79 Å². The van der Waals surface area contributed by atoms with Gasteiger partial charge in [-0.15, -0.1) is 11.3 Å². The molecule has 0 fully saturated rings. The predicted molar refractivity (Wildman–Crippen MR) is 56.8 cm³/mol. The van der Waals surface area contributed by atoms with Crippen molar-refractivity contribution >= 4 is 21.6 Å². The number of rotatable bonds is 0. The van der Waals surface area contributed by atoms with Crippen molar-refractivity contribution in [2.45, 2.75) is 25.8 Å². The van der Waals surface area contributed by atoms with Crippen LogP contribution in [0.4, 0.5) is 0 Å². The molecule has 0 radical (unpaired) electrons. The van der Waals surface area contributed by atoms with Gasteiger partial charge >= 0.3 is 0 Å². The highest BCUT2D eigenvalue weighted by molar-refractivity contribution is 7.16. The molecule has 1 aliphatic rings. The molecule has 0 atom stereocenters. The van der Waals surface area contributed by atoms with E-state index < -0.39 is 0 Å². The number of fused-ring (bicyclic) bond motifs is 2. The van der Waals surface area contributed by atoms with Crippen LogP contribution in [0.1, 0.15) is 18.7 Å². The summed E-state index contributed by atoms with van der Waals surface area (Å²) >= 11 is 1.55. The standard InChI is InChI=1S/C10H10N2OS/c13-10-7-4-6-14-9(7)11-8-3-1-2-5-12(8)10/h4,6H,1-3,5H2. The van der Waals surface area contributed by atoms with Gasteiger partial charge in [-0.05, 0) is 24.3 Å². The maximum absolute atomic E-state index is 12.0. The zero-order valence-electron chi connectivity index (χ0n) is 7.69. The minimum absolute atomic E-state index is 0.144. The zero-order chi connectivity index (χ0) is 9.54. The summed E-state index contributed by atoms with van der Waals surface area (Å²) in [5.41, 5.74) is 0.144. The lowest BCUT2D eigenvalue weighted by Gasteiger charge is -2.16. The number of hydrogen-bond donors (Lipinski definition) is 0. The summed E-state index contributed by atoms with van der Waals surface area (Å²) in [5.74, 6) is 0.969. The van der Waals surface area contributed by atoms with Gasteiger partial charge in [0.1, 0.15) is 10.7 Å². The molecule has 0 aromatic carbocycles. The molecule has 72 valence electrons. The van der Waals surface area contributed by atoms with Crippen molar-refractivity contribution in [1.82, 2.24) is 9.55 Å². The highest BCUT2D eigenvalue weighted by Crippen LogP contribution is 2.18. The summed E-state index contributed by atoms with van der Waals surface area (Å²) in [5, 5.41) is 2.71. The van der Waals surface area contributed by atoms with Gasteiger partial charge in [-0.2, -0.15) is 0 Å². The summed E-state index contributed by atoms with van der Waals surface area (Å²) in [6.07, 6.45) is 3.20. The first-order valence-electron chi connectivity index (χ1n) is 4.83. The molecule has 0 bridgehead atoms. The van der Waals surface area contributed by atoms with Crippen LogP contribution in [0.5, 0.6) is 0 Å². The maximum Gasteiger partial charge on any atom is 0.262 e. The normalized spacial score (nSPS) is 15.7. The number of thiophene rings is 1. The van der Waals surface area contributed by atoms with Gasteiger partial charge in [0.05, 0.1) is 5.39 Å². The molecule has 0 amide bonds. The largest absolute Gasteiger partial charge is 0.296 e. The van der Waals surface area contributed by atoms with Crippen LogP contribution in [0.15, 0.2) is 16.2 Å². The minimum Gasteiger partial charge on any atom is -0.296 e. The van der Waals surface area contributed by atoms with Crippen LogP contribution >= 0.6 is 11.3 Å². The molecule has 4 heteroatoms. The third kappa shape index (κ3) is 1.04. The van der Waals surface area contributed by atoms with Crippen LogP contribution in [0, 0.1) is 0 Å². The number of aromatic nitrogens is 2. The Morgan fingerprint density at radius 1 is 1.43 bits per heavy atom. The quantitative estimate of drug-likeness (QED) is 0.658. The average molecular weight is 206 g/mol. The molecule has 0 spiro atoms. The van der Waals surface area contributed by atoms with E-state index in [-0.39, 0.29) is 5.56 Å². The van der Waals surface area contributed by atoms with Gasteiger partial charge in [0.15, 0.2) is 0 Å². The minimum atomic E-state index is 0.144. The molecular formula is C10H10N2OS. The molecule has 14 heavy (non-hydrogen) atoms. The zero-order valence-corrected chi connectivity index (χ0v) is 8.51. The molecular weight excluding hydrogens is 196 g/mol. The number of nitrogens with zero attached hydrogens (tertiary/aromatic N) is 2. The Morgan fingerprint density at radius 2 is 2.36 bits per heavy atom. The first-order valence-corrected chi connectivity index (χ1v) is 5.71. The van der Waals surface area contributed by atoms with Crippen molar-refractivity contribution in [1.29, 1.82) is 0 Å². The van der Waals surface area contributed by atoms with Gasteiger partial charge in [-0.25, -0.2) is 4.98 Å². The molecule has 0 N–H and O–H groups in total. The first kappa shape index (κ1) is 8.17. The van der Waals surface area contributed by atoms with Gasteiger partial charge in [-0.1, -0.05) is 0 Å². The van der Waals surface area contributed by atoms with Crippen molar-refractivity contribution in [3.05, 3.63) is 27.6 Å². The molecule has 3 nitrogen and oxygen atoms in total. The van der Waals surface area contributed by atoms with Crippen LogP contribution in [0.3, 0.4) is 0 Å². The summed E-state index contributed by atoms with van der Waals surface area (Å²) in [6, 6.07) is 1.87. The third-order valence-corrected chi connectivity index (χ3v) is 3.50. The van der Waals surface area contributed by atoms with E-state index in [1.54, 1.807) is 11.3 Å². The molecule has 1 aliphatic heterocycles. The van der Waals surface area contributed by atoms with Crippen LogP contribution in [0.2, 0.25) is 0 Å². The smallest absolute Gasteiger partial charge is 0.262 e. The summed E-state index contributed by atoms with van der Waals surface area (Å²) in [4.78, 5) is 17.4. The summed E-state index contributed by atoms with van der Waals surface area (Å²) in [7, 11) is 0. The lowest BCUT2D eigenvalue weighted by molar-refractivity contribution is 0.501. The summed E-state index contributed by atoms with van der Waals surface area (Å²) in [6.45, 7) is 0.840. The molecule has 3 heterocycles. The van der Waals surface area contributed by atoms with Gasteiger partial charge in [0.25, 0.3) is 5.56 Å². The monoisotopic (exact) mass is 206 g/mol. The Labute approximate surface area is 85.0 Å². The Balaban J connectivity index is 2.42. The van der Waals surface area contributed by atoms with E-state index in [1.165, 1.54) is 0 Å². The van der Waals surface area contributed by atoms with Crippen molar-refractivity contribution in [3.63, 3.8) is 0 Å². The van der Waals surface area contributed by atoms with E-state index in [4.69, 9.17) is 0 Å². The second kappa shape index (κ2) is 2.92. The average Bonchev–Trinajstić information content (AvgIpc) is 2.66. The Morgan fingerprint density at radius 3 is 3.29 bits per heavy atom. The van der Waals surface area contributed by atoms with Gasteiger partial charge in [0, 0.05) is 13.0 Å². The van der Waals surface area contributed by atoms with Crippen molar-refractivity contribution in [2.24, 2.45) is 0 Å². The van der Waals surface area contributed by atoms with Gasteiger partial charge < -0.3 is 0 Å². The van der Waals surface area contributed by atoms with E-state index in [2.05, 4.69) is 4.98 Å². The van der Waals surface area contributed by atoms with E-state index in [0.29, 0.717) is 0 Å². The summed E-state index contributed by atoms with van der Waals surface area (Å²) < 4.78 is 1.83. The molecule has 0 aliphatic carbocycles.